The summed E-state index contributed by atoms with van der Waals surface area (Å²) in [5.41, 5.74) is 0.917. The van der Waals surface area contributed by atoms with Crippen molar-refractivity contribution in [3.63, 3.8) is 0 Å². The first-order valence-electron chi connectivity index (χ1n) is 1.29. The summed E-state index contributed by atoms with van der Waals surface area (Å²) in [6, 6.07) is 0. The zero-order valence-electron chi connectivity index (χ0n) is 4.38. The molecule has 0 unspecified atom stereocenters. The van der Waals surface area contributed by atoms with Crippen molar-refractivity contribution >= 4 is 18.9 Å². The predicted octanol–water partition coefficient (Wildman–Crippen LogP) is 1.00. The molecular formula is C4H7CuLi. The SMILES string of the molecule is [CH-]=C(C)C.[Cu+].[Li]. The summed E-state index contributed by atoms with van der Waals surface area (Å²) in [6.45, 7) is 8.75. The van der Waals surface area contributed by atoms with Gasteiger partial charge in [0, 0.05) is 18.9 Å². The standard InChI is InChI=1S/C4H7.Cu.Li/c1-4(2)3;;/h1H,2-3H3;;/q-1;+1;. The summed E-state index contributed by atoms with van der Waals surface area (Å²) in [5, 5.41) is 0. The van der Waals surface area contributed by atoms with Crippen LogP contribution in [0.4, 0.5) is 0 Å². The molecule has 35 valence electrons. The second kappa shape index (κ2) is 9.29. The van der Waals surface area contributed by atoms with E-state index in [1.54, 1.807) is 0 Å². The van der Waals surface area contributed by atoms with Gasteiger partial charge in [-0.25, -0.2) is 0 Å². The van der Waals surface area contributed by atoms with E-state index in [1.165, 1.54) is 0 Å². The van der Waals surface area contributed by atoms with Crippen molar-refractivity contribution < 1.29 is 17.1 Å². The number of hydrogen-bond acceptors (Lipinski definition) is 0. The van der Waals surface area contributed by atoms with Crippen molar-refractivity contribution in [2.24, 2.45) is 0 Å². The average Bonchev–Trinajstić information content (AvgIpc) is 0.811. The first-order valence-corrected chi connectivity index (χ1v) is 1.29. The topological polar surface area (TPSA) is 0 Å². The van der Waals surface area contributed by atoms with Crippen LogP contribution < -0.4 is 0 Å². The van der Waals surface area contributed by atoms with Gasteiger partial charge in [-0.05, 0) is 0 Å². The minimum Gasteiger partial charge on any atom is -0.515 e. The summed E-state index contributed by atoms with van der Waals surface area (Å²) < 4.78 is 0. The molecule has 0 spiro atoms. The second-order valence-corrected chi connectivity index (χ2v) is 1.08. The molecule has 0 aliphatic heterocycles. The van der Waals surface area contributed by atoms with Crippen molar-refractivity contribution in [1.29, 1.82) is 0 Å². The molecule has 0 bridgehead atoms. The Bertz CT molecular complexity index is 30.5. The van der Waals surface area contributed by atoms with Gasteiger partial charge >= 0.3 is 17.1 Å². The third-order valence-corrected chi connectivity index (χ3v) is 0. The van der Waals surface area contributed by atoms with Crippen molar-refractivity contribution in [2.45, 2.75) is 13.8 Å². The second-order valence-electron chi connectivity index (χ2n) is 1.08. The molecule has 0 atom stereocenters. The molecule has 0 amide bonds. The summed E-state index contributed by atoms with van der Waals surface area (Å²) in [7, 11) is 0. The van der Waals surface area contributed by atoms with Crippen LogP contribution in [-0.2, 0) is 17.1 Å². The maximum absolute atomic E-state index is 5.03. The zero-order chi connectivity index (χ0) is 3.58. The van der Waals surface area contributed by atoms with E-state index in [0.29, 0.717) is 0 Å². The van der Waals surface area contributed by atoms with E-state index < -0.39 is 0 Å². The van der Waals surface area contributed by atoms with E-state index in [1.807, 2.05) is 13.8 Å². The molecule has 0 aromatic carbocycles. The Morgan fingerprint density at radius 2 is 1.33 bits per heavy atom. The average molecular weight is 126 g/mol. The molecule has 0 fully saturated rings. The Labute approximate surface area is 62.0 Å². The molecule has 0 rings (SSSR count). The van der Waals surface area contributed by atoms with Crippen molar-refractivity contribution in [3.8, 4) is 0 Å². The first kappa shape index (κ1) is 15.8. The number of hydrogen-bond donors (Lipinski definition) is 0. The molecule has 0 aliphatic rings. The molecule has 0 aliphatic carbocycles. The summed E-state index contributed by atoms with van der Waals surface area (Å²) in [4.78, 5) is 0. The zero-order valence-corrected chi connectivity index (χ0v) is 5.32. The van der Waals surface area contributed by atoms with E-state index >= 15 is 0 Å². The van der Waals surface area contributed by atoms with Crippen LogP contribution in [-0.4, -0.2) is 18.9 Å². The van der Waals surface area contributed by atoms with Crippen molar-refractivity contribution in [1.82, 2.24) is 0 Å². The Balaban J connectivity index is -0.0000000450. The minimum absolute atomic E-state index is 0. The van der Waals surface area contributed by atoms with Crippen LogP contribution in [0, 0.1) is 6.58 Å². The predicted molar refractivity (Wildman–Crippen MR) is 24.9 cm³/mol. The first-order chi connectivity index (χ1) is 1.73. The van der Waals surface area contributed by atoms with Gasteiger partial charge in [0.25, 0.3) is 0 Å². The Morgan fingerprint density at radius 1 is 1.33 bits per heavy atom. The van der Waals surface area contributed by atoms with Crippen LogP contribution in [0.25, 0.3) is 0 Å². The normalized spacial score (nSPS) is 4.33. The molecule has 0 N–H and O–H groups in total. The maximum Gasteiger partial charge on any atom is 1.00 e. The van der Waals surface area contributed by atoms with E-state index in [4.69, 9.17) is 6.58 Å². The molecule has 2 heteroatoms. The van der Waals surface area contributed by atoms with Crippen molar-refractivity contribution in [3.05, 3.63) is 12.2 Å². The minimum atomic E-state index is 0. The van der Waals surface area contributed by atoms with Gasteiger partial charge in [-0.2, -0.15) is 0 Å². The van der Waals surface area contributed by atoms with Crippen LogP contribution in [0.3, 0.4) is 0 Å². The molecule has 0 saturated heterocycles. The maximum atomic E-state index is 5.03. The van der Waals surface area contributed by atoms with Crippen molar-refractivity contribution in [2.75, 3.05) is 0 Å². The molecule has 0 nitrogen and oxygen atoms in total. The molecular weight excluding hydrogens is 119 g/mol. The van der Waals surface area contributed by atoms with E-state index in [9.17, 15) is 0 Å². The van der Waals surface area contributed by atoms with Crippen LogP contribution >= 0.6 is 0 Å². The van der Waals surface area contributed by atoms with Gasteiger partial charge in [-0.1, -0.05) is 13.8 Å². The fourth-order valence-corrected chi connectivity index (χ4v) is 0. The van der Waals surface area contributed by atoms with Gasteiger partial charge in [0.05, 0.1) is 0 Å². The largest absolute Gasteiger partial charge is 1.00 e. The number of allylic oxidation sites excluding steroid dienone is 1. The number of rotatable bonds is 0. The quantitative estimate of drug-likeness (QED) is 0.335. The van der Waals surface area contributed by atoms with Gasteiger partial charge in [0.15, 0.2) is 0 Å². The molecule has 6 heavy (non-hydrogen) atoms. The Hall–Kier alpha value is 0.857. The third kappa shape index (κ3) is 98.4. The molecule has 0 aromatic heterocycles. The van der Waals surface area contributed by atoms with Gasteiger partial charge in [-0.15, -0.1) is 0 Å². The fourth-order valence-electron chi connectivity index (χ4n) is 0. The molecule has 1 radical (unpaired) electrons. The van der Waals surface area contributed by atoms with Gasteiger partial charge in [-0.3, -0.25) is 5.57 Å². The third-order valence-electron chi connectivity index (χ3n) is 0. The van der Waals surface area contributed by atoms with E-state index in [0.717, 1.165) is 5.57 Å². The molecule has 0 saturated carbocycles. The van der Waals surface area contributed by atoms with E-state index in [2.05, 4.69) is 0 Å². The van der Waals surface area contributed by atoms with Crippen LogP contribution in [0.15, 0.2) is 5.57 Å². The van der Waals surface area contributed by atoms with Gasteiger partial charge in [0.2, 0.25) is 0 Å². The fraction of sp³-hybridized carbons (Fsp3) is 0.500. The van der Waals surface area contributed by atoms with Gasteiger partial charge < -0.3 is 6.58 Å². The van der Waals surface area contributed by atoms with Crippen LogP contribution in [0.2, 0.25) is 0 Å². The van der Waals surface area contributed by atoms with E-state index in [-0.39, 0.29) is 35.9 Å². The summed E-state index contributed by atoms with van der Waals surface area (Å²) in [5.74, 6) is 0. The van der Waals surface area contributed by atoms with Crippen LogP contribution in [0.1, 0.15) is 13.8 Å². The molecule has 0 heterocycles. The monoisotopic (exact) mass is 125 g/mol. The summed E-state index contributed by atoms with van der Waals surface area (Å²) in [6.07, 6.45) is 0. The Kier molecular flexibility index (Phi) is 24.5. The Morgan fingerprint density at radius 3 is 1.33 bits per heavy atom. The molecule has 0 aromatic rings. The summed E-state index contributed by atoms with van der Waals surface area (Å²) >= 11 is 0. The van der Waals surface area contributed by atoms with Gasteiger partial charge in [0.1, 0.15) is 0 Å². The smallest absolute Gasteiger partial charge is 0.515 e. The van der Waals surface area contributed by atoms with Crippen LogP contribution in [0.5, 0.6) is 0 Å².